The highest BCUT2D eigenvalue weighted by Crippen LogP contribution is 2.44. The van der Waals surface area contributed by atoms with Gasteiger partial charge in [-0.1, -0.05) is 158 Å². The second kappa shape index (κ2) is 13.3. The van der Waals surface area contributed by atoms with Crippen molar-refractivity contribution in [3.05, 3.63) is 188 Å². The summed E-state index contributed by atoms with van der Waals surface area (Å²) in [7, 11) is 0. The highest BCUT2D eigenvalue weighted by atomic mass is 32.1. The molecule has 0 unspecified atom stereocenters. The number of aromatic nitrogens is 3. The van der Waals surface area contributed by atoms with Crippen LogP contribution >= 0.6 is 11.3 Å². The molecule has 3 aromatic heterocycles. The Hall–Kier alpha value is -7.21. The number of hydrogen-bond donors (Lipinski definition) is 0. The fourth-order valence-corrected chi connectivity index (χ4v) is 9.04. The third kappa shape index (κ3) is 5.56. The normalized spacial score (nSPS) is 11.6. The highest BCUT2D eigenvalue weighted by molar-refractivity contribution is 7.26. The van der Waals surface area contributed by atoms with Gasteiger partial charge in [0.05, 0.1) is 0 Å². The van der Waals surface area contributed by atoms with E-state index in [0.29, 0.717) is 17.5 Å². The van der Waals surface area contributed by atoms with Crippen LogP contribution in [-0.2, 0) is 0 Å². The number of fused-ring (bicyclic) bond motifs is 6. The molecule has 0 aliphatic rings. The Kier molecular flexibility index (Phi) is 7.64. The van der Waals surface area contributed by atoms with Crippen LogP contribution in [0, 0.1) is 0 Å². The molecule has 11 rings (SSSR count). The second-order valence-corrected chi connectivity index (χ2v) is 15.0. The van der Waals surface area contributed by atoms with Gasteiger partial charge in [0.2, 0.25) is 0 Å². The molecule has 11 aromatic rings. The van der Waals surface area contributed by atoms with E-state index < -0.39 is 0 Å². The fourth-order valence-electron chi connectivity index (χ4n) is 7.81. The van der Waals surface area contributed by atoms with E-state index in [-0.39, 0.29) is 0 Å². The number of benzene rings is 8. The first-order chi connectivity index (χ1) is 27.7. The van der Waals surface area contributed by atoms with E-state index in [1.54, 1.807) is 0 Å². The Balaban J connectivity index is 1.01. The maximum absolute atomic E-state index is 6.78. The third-order valence-electron chi connectivity index (χ3n) is 10.5. The summed E-state index contributed by atoms with van der Waals surface area (Å²) in [6.45, 7) is 0. The topological polar surface area (TPSA) is 51.8 Å². The van der Waals surface area contributed by atoms with Crippen molar-refractivity contribution in [3.8, 4) is 67.5 Å². The van der Waals surface area contributed by atoms with E-state index in [4.69, 9.17) is 19.4 Å². The van der Waals surface area contributed by atoms with Gasteiger partial charge >= 0.3 is 0 Å². The van der Waals surface area contributed by atoms with Crippen molar-refractivity contribution in [2.45, 2.75) is 0 Å². The summed E-state index contributed by atoms with van der Waals surface area (Å²) < 4.78 is 9.35. The van der Waals surface area contributed by atoms with Crippen molar-refractivity contribution in [2.75, 3.05) is 0 Å². The smallest absolute Gasteiger partial charge is 0.164 e. The third-order valence-corrected chi connectivity index (χ3v) is 11.8. The summed E-state index contributed by atoms with van der Waals surface area (Å²) in [5, 5.41) is 4.77. The molecule has 0 spiro atoms. The van der Waals surface area contributed by atoms with Crippen LogP contribution in [0.5, 0.6) is 0 Å². The van der Waals surface area contributed by atoms with Gasteiger partial charge in [-0.2, -0.15) is 0 Å². The lowest BCUT2D eigenvalue weighted by Crippen LogP contribution is -2.00. The Morgan fingerprint density at radius 2 is 0.857 bits per heavy atom. The van der Waals surface area contributed by atoms with Gasteiger partial charge in [0.1, 0.15) is 11.2 Å². The van der Waals surface area contributed by atoms with Crippen molar-refractivity contribution >= 4 is 53.4 Å². The molecular formula is C51H31N3OS. The zero-order chi connectivity index (χ0) is 37.0. The Labute approximate surface area is 327 Å². The zero-order valence-electron chi connectivity index (χ0n) is 30.1. The SMILES string of the molecule is c1ccc(-c2cccc(-c3nc(-c4ccccc4)nc(-c4cccc(-c5ccc6c(c5)oc5c(-c7cccc8c7sc7ccccc78)cccc56)c4)n3)c2)cc1. The first-order valence-corrected chi connectivity index (χ1v) is 19.5. The van der Waals surface area contributed by atoms with E-state index in [9.17, 15) is 0 Å². The summed E-state index contributed by atoms with van der Waals surface area (Å²) >= 11 is 1.84. The van der Waals surface area contributed by atoms with Gasteiger partial charge in [0.25, 0.3) is 0 Å². The molecule has 262 valence electrons. The molecule has 0 N–H and O–H groups in total. The fraction of sp³-hybridized carbons (Fsp3) is 0. The Bertz CT molecular complexity index is 3260. The van der Waals surface area contributed by atoms with Crippen LogP contribution in [0.15, 0.2) is 192 Å². The maximum atomic E-state index is 6.78. The van der Waals surface area contributed by atoms with Crippen LogP contribution in [0.4, 0.5) is 0 Å². The first-order valence-electron chi connectivity index (χ1n) is 18.7. The van der Waals surface area contributed by atoms with Crippen LogP contribution in [0.1, 0.15) is 0 Å². The van der Waals surface area contributed by atoms with Gasteiger partial charge in [-0.15, -0.1) is 11.3 Å². The molecule has 0 saturated heterocycles. The lowest BCUT2D eigenvalue weighted by molar-refractivity contribution is 0.670. The highest BCUT2D eigenvalue weighted by Gasteiger charge is 2.18. The van der Waals surface area contributed by atoms with Crippen molar-refractivity contribution in [2.24, 2.45) is 0 Å². The molecule has 5 heteroatoms. The standard InChI is InChI=1S/C51H31N3OS/c1-3-13-32(14-4-1)34-17-9-19-37(29-34)50-52-49(33-15-5-2-6-16-33)53-51(54-50)38-20-10-18-35(30-38)36-27-28-39-41-22-11-23-42(47(41)55-45(39)31-36)44-25-12-24-43-40-21-7-8-26-46(40)56-48(43)44/h1-31H. The van der Waals surface area contributed by atoms with Crippen LogP contribution in [0.2, 0.25) is 0 Å². The molecule has 0 fully saturated rings. The van der Waals surface area contributed by atoms with Crippen LogP contribution in [0.25, 0.3) is 110 Å². The minimum absolute atomic E-state index is 0.616. The second-order valence-electron chi connectivity index (χ2n) is 14.0. The average Bonchev–Trinajstić information content (AvgIpc) is 3.85. The number of rotatable bonds is 6. The summed E-state index contributed by atoms with van der Waals surface area (Å²) in [5.74, 6) is 1.88. The minimum atomic E-state index is 0.616. The summed E-state index contributed by atoms with van der Waals surface area (Å²) in [5.41, 5.74) is 11.2. The van der Waals surface area contributed by atoms with Gasteiger partial charge in [-0.05, 0) is 52.6 Å². The van der Waals surface area contributed by atoms with Crippen molar-refractivity contribution < 1.29 is 4.42 Å². The molecule has 0 amide bonds. The number of para-hydroxylation sites is 1. The minimum Gasteiger partial charge on any atom is -0.455 e. The van der Waals surface area contributed by atoms with Gasteiger partial charge < -0.3 is 4.42 Å². The summed E-state index contributed by atoms with van der Waals surface area (Å²) in [6, 6.07) is 65.5. The molecule has 0 atom stereocenters. The Morgan fingerprint density at radius 3 is 1.59 bits per heavy atom. The number of thiophene rings is 1. The van der Waals surface area contributed by atoms with E-state index in [1.165, 1.54) is 25.7 Å². The lowest BCUT2D eigenvalue weighted by Gasteiger charge is -2.10. The first kappa shape index (κ1) is 32.2. The quantitative estimate of drug-likeness (QED) is 0.171. The number of nitrogens with zero attached hydrogens (tertiary/aromatic N) is 3. The lowest BCUT2D eigenvalue weighted by atomic mass is 9.99. The molecule has 8 aromatic carbocycles. The van der Waals surface area contributed by atoms with Gasteiger partial charge in [-0.3, -0.25) is 0 Å². The number of furan rings is 1. The van der Waals surface area contributed by atoms with Crippen molar-refractivity contribution in [3.63, 3.8) is 0 Å². The van der Waals surface area contributed by atoms with Crippen molar-refractivity contribution in [1.82, 2.24) is 15.0 Å². The van der Waals surface area contributed by atoms with Gasteiger partial charge in [0, 0.05) is 58.8 Å². The zero-order valence-corrected chi connectivity index (χ0v) is 30.9. The van der Waals surface area contributed by atoms with Crippen LogP contribution in [-0.4, -0.2) is 15.0 Å². The van der Waals surface area contributed by atoms with Crippen LogP contribution < -0.4 is 0 Å². The van der Waals surface area contributed by atoms with Gasteiger partial charge in [0.15, 0.2) is 17.5 Å². The van der Waals surface area contributed by atoms with Gasteiger partial charge in [-0.25, -0.2) is 15.0 Å². The molecule has 0 bridgehead atoms. The van der Waals surface area contributed by atoms with E-state index in [2.05, 4.69) is 152 Å². The largest absolute Gasteiger partial charge is 0.455 e. The van der Waals surface area contributed by atoms with E-state index in [1.807, 2.05) is 47.7 Å². The predicted octanol–water partition coefficient (Wildman–Crippen LogP) is 14.1. The van der Waals surface area contributed by atoms with E-state index >= 15 is 0 Å². The molecule has 3 heterocycles. The molecule has 0 aliphatic carbocycles. The molecular weight excluding hydrogens is 703 g/mol. The molecule has 4 nitrogen and oxygen atoms in total. The van der Waals surface area contributed by atoms with E-state index in [0.717, 1.165) is 66.4 Å². The maximum Gasteiger partial charge on any atom is 0.164 e. The van der Waals surface area contributed by atoms with Crippen LogP contribution in [0.3, 0.4) is 0 Å². The average molecular weight is 734 g/mol. The summed E-state index contributed by atoms with van der Waals surface area (Å²) in [6.07, 6.45) is 0. The monoisotopic (exact) mass is 733 g/mol. The predicted molar refractivity (Wildman–Crippen MR) is 233 cm³/mol. The molecule has 56 heavy (non-hydrogen) atoms. The van der Waals surface area contributed by atoms with Crippen molar-refractivity contribution in [1.29, 1.82) is 0 Å². The molecule has 0 aliphatic heterocycles. The number of hydrogen-bond acceptors (Lipinski definition) is 5. The summed E-state index contributed by atoms with van der Waals surface area (Å²) in [4.78, 5) is 15.1. The molecule has 0 saturated carbocycles. The molecule has 0 radical (unpaired) electrons. The Morgan fingerprint density at radius 1 is 0.339 bits per heavy atom.